The van der Waals surface area contributed by atoms with E-state index in [1.165, 1.54) is 0 Å². The zero-order chi connectivity index (χ0) is 25.0. The first-order valence-electron chi connectivity index (χ1n) is 10.2. The fourth-order valence-electron chi connectivity index (χ4n) is 2.52. The number of benzene rings is 1. The molecule has 0 saturated heterocycles. The lowest BCUT2D eigenvalue weighted by Gasteiger charge is -2.22. The van der Waals surface area contributed by atoms with Gasteiger partial charge >= 0.3 is 19.5 Å². The molecule has 0 aliphatic carbocycles. The number of nitrogens with two attached hydrogens (primary N) is 1. The van der Waals surface area contributed by atoms with Crippen LogP contribution in [0.25, 0.3) is 10.9 Å². The molecule has 0 aliphatic rings. The number of aromatic amines is 1. The molecular weight excluding hydrogens is 451 g/mol. The number of carbonyl (C=O) groups is 3. The van der Waals surface area contributed by atoms with E-state index in [1.54, 1.807) is 65.8 Å². The van der Waals surface area contributed by atoms with E-state index in [4.69, 9.17) is 24.3 Å². The van der Waals surface area contributed by atoms with Gasteiger partial charge < -0.3 is 20.2 Å². The van der Waals surface area contributed by atoms with Gasteiger partial charge in [-0.25, -0.2) is 0 Å². The second kappa shape index (κ2) is 10.1. The molecule has 2 aromatic rings. The molecule has 1 aromatic carbocycles. The molecule has 182 valence electrons. The average molecular weight is 482 g/mol. The van der Waals surface area contributed by atoms with Crippen molar-refractivity contribution in [1.29, 1.82) is 0 Å². The molecule has 0 saturated carbocycles. The van der Waals surface area contributed by atoms with Crippen molar-refractivity contribution in [3.05, 3.63) is 35.5 Å². The van der Waals surface area contributed by atoms with Crippen molar-refractivity contribution in [2.75, 3.05) is 13.6 Å². The van der Waals surface area contributed by atoms with E-state index in [0.29, 0.717) is 16.5 Å². The Morgan fingerprint density at radius 1 is 0.909 bits per heavy atom. The third kappa shape index (κ3) is 7.70. The minimum absolute atomic E-state index is 0.194. The molecule has 0 atom stereocenters. The van der Waals surface area contributed by atoms with Crippen molar-refractivity contribution in [1.82, 2.24) is 4.98 Å². The lowest BCUT2D eigenvalue weighted by molar-refractivity contribution is -0.162. The molecule has 1 amide bonds. The first-order chi connectivity index (χ1) is 15.1. The Kier molecular flexibility index (Phi) is 8.11. The fourth-order valence-corrected chi connectivity index (χ4v) is 3.85. The van der Waals surface area contributed by atoms with Crippen molar-refractivity contribution >= 4 is 36.3 Å². The summed E-state index contributed by atoms with van der Waals surface area (Å²) in [5.41, 5.74) is 5.23. The third-order valence-electron chi connectivity index (χ3n) is 4.43. The van der Waals surface area contributed by atoms with E-state index < -0.39 is 49.9 Å². The van der Waals surface area contributed by atoms with Crippen LogP contribution in [-0.2, 0) is 38.8 Å². The highest BCUT2D eigenvalue weighted by Gasteiger charge is 2.30. The maximum Gasteiger partial charge on any atom is 0.340 e. The van der Waals surface area contributed by atoms with Crippen molar-refractivity contribution in [3.63, 3.8) is 0 Å². The van der Waals surface area contributed by atoms with Crippen molar-refractivity contribution < 1.29 is 37.5 Å². The predicted molar refractivity (Wildman–Crippen MR) is 121 cm³/mol. The van der Waals surface area contributed by atoms with E-state index in [0.717, 1.165) is 0 Å². The number of ether oxygens (including phenoxy) is 2. The first-order valence-corrected chi connectivity index (χ1v) is 12.0. The van der Waals surface area contributed by atoms with Crippen LogP contribution in [0, 0.1) is 10.8 Å². The number of aromatic nitrogens is 1. The van der Waals surface area contributed by atoms with Gasteiger partial charge in [-0.2, -0.15) is 0 Å². The van der Waals surface area contributed by atoms with Crippen LogP contribution >= 0.6 is 7.60 Å². The Balaban J connectivity index is 2.17. The van der Waals surface area contributed by atoms with Crippen LogP contribution in [-0.4, -0.2) is 36.4 Å². The molecule has 0 radical (unpaired) electrons. The Morgan fingerprint density at radius 2 is 1.42 bits per heavy atom. The lowest BCUT2D eigenvalue weighted by atomic mass is 9.98. The number of carbonyl (C=O) groups excluding carboxylic acids is 3. The highest BCUT2D eigenvalue weighted by atomic mass is 31.2. The molecule has 3 N–H and O–H groups in total. The molecule has 2 rings (SSSR count). The van der Waals surface area contributed by atoms with Crippen molar-refractivity contribution in [3.8, 4) is 0 Å². The molecule has 0 spiro atoms. The third-order valence-corrected chi connectivity index (χ3v) is 6.18. The summed E-state index contributed by atoms with van der Waals surface area (Å²) in [7, 11) is -3.90. The van der Waals surface area contributed by atoms with Crippen molar-refractivity contribution in [2.45, 2.75) is 47.7 Å². The van der Waals surface area contributed by atoms with Gasteiger partial charge in [0.05, 0.1) is 17.0 Å². The number of hydrogen-bond donors (Lipinski definition) is 2. The number of rotatable bonds is 9. The Morgan fingerprint density at radius 3 is 1.88 bits per heavy atom. The van der Waals surface area contributed by atoms with Gasteiger partial charge in [-0.3, -0.25) is 28.0 Å². The van der Waals surface area contributed by atoms with E-state index in [1.807, 2.05) is 0 Å². The Labute approximate surface area is 192 Å². The van der Waals surface area contributed by atoms with Crippen molar-refractivity contribution in [2.24, 2.45) is 16.6 Å². The number of amides is 1. The smallest absolute Gasteiger partial charge is 0.340 e. The van der Waals surface area contributed by atoms with E-state index in [2.05, 4.69) is 4.98 Å². The van der Waals surface area contributed by atoms with Crippen LogP contribution in [0.5, 0.6) is 0 Å². The van der Waals surface area contributed by atoms with Gasteiger partial charge in [-0.1, -0.05) is 6.07 Å². The number of nitrogens with one attached hydrogen (secondary N) is 1. The maximum atomic E-state index is 13.4. The van der Waals surface area contributed by atoms with E-state index in [-0.39, 0.29) is 11.9 Å². The fraction of sp³-hybridized carbons (Fsp3) is 0.500. The molecule has 1 heterocycles. The summed E-state index contributed by atoms with van der Waals surface area (Å²) in [4.78, 5) is 38.2. The van der Waals surface area contributed by atoms with Gasteiger partial charge in [0, 0.05) is 10.9 Å². The normalized spacial score (nSPS) is 12.5. The second-order valence-electron chi connectivity index (χ2n) is 9.60. The number of fused-ring (bicyclic) bond motifs is 1. The molecular formula is C22H31N2O8P. The molecule has 33 heavy (non-hydrogen) atoms. The van der Waals surface area contributed by atoms with Gasteiger partial charge in [0.15, 0.2) is 0 Å². The van der Waals surface area contributed by atoms with Gasteiger partial charge in [0.1, 0.15) is 5.69 Å². The average Bonchev–Trinajstić information content (AvgIpc) is 3.10. The molecule has 0 unspecified atom stereocenters. The number of H-pyrrole nitrogens is 1. The molecule has 1 aromatic heterocycles. The molecule has 0 fully saturated rings. The second-order valence-corrected chi connectivity index (χ2v) is 11.6. The zero-order valence-corrected chi connectivity index (χ0v) is 20.6. The summed E-state index contributed by atoms with van der Waals surface area (Å²) < 4.78 is 34.2. The minimum atomic E-state index is -3.90. The monoisotopic (exact) mass is 482 g/mol. The standard InChI is InChI=1S/C22H31N2O8P/c1-21(2,3)19(26)29-12-31-33(28,32-13-30-20(27)22(4,5)6)11-14-7-8-16-15(9-14)10-17(24-16)18(23)25/h7-10,24H,11-13H2,1-6H3,(H2,23,25). The zero-order valence-electron chi connectivity index (χ0n) is 19.7. The summed E-state index contributed by atoms with van der Waals surface area (Å²) in [6, 6.07) is 6.63. The molecule has 11 heteroatoms. The topological polar surface area (TPSA) is 147 Å². The van der Waals surface area contributed by atoms with Gasteiger partial charge in [-0.05, 0) is 65.3 Å². The Bertz CT molecular complexity index is 1040. The lowest BCUT2D eigenvalue weighted by Crippen LogP contribution is -2.24. The summed E-state index contributed by atoms with van der Waals surface area (Å²) >= 11 is 0. The number of esters is 2. The highest BCUT2D eigenvalue weighted by Crippen LogP contribution is 2.51. The predicted octanol–water partition coefficient (Wildman–Crippen LogP) is 4.09. The summed E-state index contributed by atoms with van der Waals surface area (Å²) in [6.07, 6.45) is -0.194. The van der Waals surface area contributed by atoms with Crippen LogP contribution in [0.1, 0.15) is 57.6 Å². The van der Waals surface area contributed by atoms with Gasteiger partial charge in [0.25, 0.3) is 5.91 Å². The van der Waals surface area contributed by atoms with E-state index >= 15 is 0 Å². The number of hydrogen-bond acceptors (Lipinski definition) is 8. The molecule has 0 aliphatic heterocycles. The van der Waals surface area contributed by atoms with Crippen LogP contribution in [0.4, 0.5) is 0 Å². The molecule has 0 bridgehead atoms. The summed E-state index contributed by atoms with van der Waals surface area (Å²) in [5, 5.41) is 0.672. The first kappa shape index (κ1) is 26.6. The van der Waals surface area contributed by atoms with Crippen LogP contribution in [0.3, 0.4) is 0 Å². The quantitative estimate of drug-likeness (QED) is 0.309. The van der Waals surface area contributed by atoms with E-state index in [9.17, 15) is 18.9 Å². The summed E-state index contributed by atoms with van der Waals surface area (Å²) in [6.45, 7) is 8.83. The van der Waals surface area contributed by atoms with Crippen LogP contribution < -0.4 is 5.73 Å². The maximum absolute atomic E-state index is 13.4. The minimum Gasteiger partial charge on any atom is -0.438 e. The van der Waals surface area contributed by atoms with Gasteiger partial charge in [0.2, 0.25) is 13.6 Å². The largest absolute Gasteiger partial charge is 0.438 e. The van der Waals surface area contributed by atoms with Crippen LogP contribution in [0.15, 0.2) is 24.3 Å². The SMILES string of the molecule is CC(C)(C)C(=O)OCOP(=O)(Cc1ccc2[nH]c(C(N)=O)cc2c1)OCOC(=O)C(C)(C)C. The highest BCUT2D eigenvalue weighted by molar-refractivity contribution is 7.53. The molecule has 10 nitrogen and oxygen atoms in total. The van der Waals surface area contributed by atoms with Crippen LogP contribution in [0.2, 0.25) is 0 Å². The Hall–Kier alpha value is -2.68. The summed E-state index contributed by atoms with van der Waals surface area (Å²) in [5.74, 6) is -1.69. The number of primary amides is 1. The van der Waals surface area contributed by atoms with Gasteiger partial charge in [-0.15, -0.1) is 0 Å².